The van der Waals surface area contributed by atoms with Crippen molar-refractivity contribution in [2.75, 3.05) is 6.54 Å². The predicted octanol–water partition coefficient (Wildman–Crippen LogP) is 2.35. The molecular weight excluding hydrogens is 230 g/mol. The first-order valence-corrected chi connectivity index (χ1v) is 6.28. The van der Waals surface area contributed by atoms with Gasteiger partial charge in [0, 0.05) is 23.8 Å². The van der Waals surface area contributed by atoms with Crippen LogP contribution in [0, 0.1) is 11.3 Å². The average molecular weight is 243 g/mol. The molecule has 0 aromatic carbocycles. The van der Waals surface area contributed by atoms with Crippen LogP contribution in [0.25, 0.3) is 0 Å². The third-order valence-electron chi connectivity index (χ3n) is 2.41. The average Bonchev–Trinajstić information content (AvgIpc) is 2.84. The van der Waals surface area contributed by atoms with Crippen LogP contribution in [0.4, 0.5) is 0 Å². The Morgan fingerprint density at radius 3 is 2.76 bits per heavy atom. The van der Waals surface area contributed by atoms with Crippen LogP contribution in [0.1, 0.15) is 15.3 Å². The number of aromatic nitrogens is 1. The third-order valence-corrected chi connectivity index (χ3v) is 3.40. The number of nitrogens with zero attached hydrogens (tertiary/aromatic N) is 2. The molecule has 86 valence electrons. The van der Waals surface area contributed by atoms with Crippen LogP contribution in [0.15, 0.2) is 36.7 Å². The van der Waals surface area contributed by atoms with Crippen LogP contribution in [-0.2, 0) is 13.0 Å². The van der Waals surface area contributed by atoms with E-state index in [-0.39, 0.29) is 0 Å². The molecule has 2 aromatic rings. The fourth-order valence-corrected chi connectivity index (χ4v) is 2.30. The summed E-state index contributed by atoms with van der Waals surface area (Å²) in [6.45, 7) is 1.77. The fraction of sp³-hybridized carbons (Fsp3) is 0.231. The van der Waals surface area contributed by atoms with Gasteiger partial charge in [-0.25, -0.2) is 0 Å². The van der Waals surface area contributed by atoms with Crippen molar-refractivity contribution in [3.8, 4) is 6.07 Å². The molecule has 1 N–H and O–H groups in total. The van der Waals surface area contributed by atoms with E-state index in [1.165, 1.54) is 10.4 Å². The number of hydrogen-bond donors (Lipinski definition) is 1. The molecule has 0 saturated carbocycles. The summed E-state index contributed by atoms with van der Waals surface area (Å²) < 4.78 is 0. The molecule has 0 aliphatic rings. The zero-order valence-electron chi connectivity index (χ0n) is 9.39. The fourth-order valence-electron chi connectivity index (χ4n) is 1.53. The maximum Gasteiger partial charge on any atom is 0.110 e. The molecule has 3 nitrogen and oxygen atoms in total. The summed E-state index contributed by atoms with van der Waals surface area (Å²) in [5, 5.41) is 12.1. The first kappa shape index (κ1) is 11.8. The molecule has 0 aliphatic heterocycles. The van der Waals surface area contributed by atoms with E-state index in [2.05, 4.69) is 16.4 Å². The Labute approximate surface area is 105 Å². The number of nitrogens with one attached hydrogen (secondary N) is 1. The summed E-state index contributed by atoms with van der Waals surface area (Å²) in [6, 6.07) is 10.1. The maximum atomic E-state index is 8.71. The molecule has 17 heavy (non-hydrogen) atoms. The highest BCUT2D eigenvalue weighted by Gasteiger charge is 1.98. The number of rotatable bonds is 5. The van der Waals surface area contributed by atoms with Gasteiger partial charge in [0.25, 0.3) is 0 Å². The van der Waals surface area contributed by atoms with Crippen LogP contribution < -0.4 is 5.32 Å². The monoisotopic (exact) mass is 243 g/mol. The Morgan fingerprint density at radius 2 is 2.06 bits per heavy atom. The van der Waals surface area contributed by atoms with E-state index in [0.29, 0.717) is 0 Å². The van der Waals surface area contributed by atoms with E-state index in [1.807, 2.05) is 36.7 Å². The van der Waals surface area contributed by atoms with Crippen molar-refractivity contribution in [2.45, 2.75) is 13.0 Å². The van der Waals surface area contributed by atoms with E-state index in [4.69, 9.17) is 5.26 Å². The lowest BCUT2D eigenvalue weighted by Gasteiger charge is -2.02. The summed E-state index contributed by atoms with van der Waals surface area (Å²) in [5.41, 5.74) is 1.29. The van der Waals surface area contributed by atoms with Gasteiger partial charge in [-0.1, -0.05) is 0 Å². The molecule has 0 amide bonds. The molecule has 4 heteroatoms. The van der Waals surface area contributed by atoms with Crippen molar-refractivity contribution in [3.05, 3.63) is 52.0 Å². The van der Waals surface area contributed by atoms with Crippen LogP contribution in [-0.4, -0.2) is 11.5 Å². The minimum absolute atomic E-state index is 0.774. The van der Waals surface area contributed by atoms with Crippen molar-refractivity contribution in [1.29, 1.82) is 5.26 Å². The summed E-state index contributed by atoms with van der Waals surface area (Å²) in [6.07, 6.45) is 4.63. The molecule has 0 fully saturated rings. The highest BCUT2D eigenvalue weighted by atomic mass is 32.1. The first-order valence-electron chi connectivity index (χ1n) is 5.47. The largest absolute Gasteiger partial charge is 0.312 e. The van der Waals surface area contributed by atoms with Gasteiger partial charge in [0.2, 0.25) is 0 Å². The lowest BCUT2D eigenvalue weighted by atomic mass is 10.2. The molecule has 0 radical (unpaired) electrons. The van der Waals surface area contributed by atoms with Gasteiger partial charge in [-0.3, -0.25) is 4.98 Å². The van der Waals surface area contributed by atoms with E-state index in [1.54, 1.807) is 11.3 Å². The van der Waals surface area contributed by atoms with Gasteiger partial charge in [-0.15, -0.1) is 11.3 Å². The van der Waals surface area contributed by atoms with Gasteiger partial charge in [0.1, 0.15) is 10.9 Å². The third kappa shape index (κ3) is 3.66. The van der Waals surface area contributed by atoms with Crippen molar-refractivity contribution in [3.63, 3.8) is 0 Å². The van der Waals surface area contributed by atoms with Crippen molar-refractivity contribution >= 4 is 11.3 Å². The summed E-state index contributed by atoms with van der Waals surface area (Å²) in [4.78, 5) is 5.96. The van der Waals surface area contributed by atoms with Crippen molar-refractivity contribution in [1.82, 2.24) is 10.3 Å². The second-order valence-electron chi connectivity index (χ2n) is 3.66. The number of hydrogen-bond acceptors (Lipinski definition) is 4. The predicted molar refractivity (Wildman–Crippen MR) is 68.7 cm³/mol. The molecular formula is C13H13N3S. The van der Waals surface area contributed by atoms with Gasteiger partial charge in [-0.05, 0) is 42.8 Å². The number of pyridine rings is 1. The Balaban J connectivity index is 1.72. The molecule has 0 spiro atoms. The smallest absolute Gasteiger partial charge is 0.110 e. The molecule has 0 unspecified atom stereocenters. The highest BCUT2D eigenvalue weighted by Crippen LogP contribution is 2.14. The lowest BCUT2D eigenvalue weighted by Crippen LogP contribution is -2.15. The van der Waals surface area contributed by atoms with Crippen LogP contribution >= 0.6 is 11.3 Å². The molecule has 2 aromatic heterocycles. The number of thiophene rings is 1. The van der Waals surface area contributed by atoms with Gasteiger partial charge in [0.15, 0.2) is 0 Å². The van der Waals surface area contributed by atoms with Crippen LogP contribution in [0.3, 0.4) is 0 Å². The second kappa shape index (κ2) is 6.14. The number of nitriles is 1. The zero-order valence-corrected chi connectivity index (χ0v) is 10.2. The van der Waals surface area contributed by atoms with Gasteiger partial charge in [-0.2, -0.15) is 5.26 Å². The molecule has 0 atom stereocenters. The zero-order chi connectivity index (χ0) is 11.9. The summed E-state index contributed by atoms with van der Waals surface area (Å²) in [5.74, 6) is 0. The van der Waals surface area contributed by atoms with Gasteiger partial charge in [0.05, 0.1) is 0 Å². The Hall–Kier alpha value is -1.70. The van der Waals surface area contributed by atoms with E-state index >= 15 is 0 Å². The van der Waals surface area contributed by atoms with E-state index in [9.17, 15) is 0 Å². The minimum atomic E-state index is 0.774. The lowest BCUT2D eigenvalue weighted by molar-refractivity contribution is 0.693. The van der Waals surface area contributed by atoms with Gasteiger partial charge >= 0.3 is 0 Å². The molecule has 2 heterocycles. The topological polar surface area (TPSA) is 48.7 Å². The standard InChI is InChI=1S/C13H13N3S/c14-9-12-1-2-13(17-12)10-16-8-5-11-3-6-15-7-4-11/h1-4,6-7,16H,5,8,10H2. The minimum Gasteiger partial charge on any atom is -0.312 e. The molecule has 0 bridgehead atoms. The van der Waals surface area contributed by atoms with Crippen molar-refractivity contribution in [2.24, 2.45) is 0 Å². The van der Waals surface area contributed by atoms with Crippen molar-refractivity contribution < 1.29 is 0 Å². The normalized spacial score (nSPS) is 10.1. The van der Waals surface area contributed by atoms with Crippen LogP contribution in [0.5, 0.6) is 0 Å². The molecule has 0 aliphatic carbocycles. The SMILES string of the molecule is N#Cc1ccc(CNCCc2ccncc2)s1. The van der Waals surface area contributed by atoms with Crippen LogP contribution in [0.2, 0.25) is 0 Å². The summed E-state index contributed by atoms with van der Waals surface area (Å²) in [7, 11) is 0. The Morgan fingerprint density at radius 1 is 1.24 bits per heavy atom. The highest BCUT2D eigenvalue weighted by molar-refractivity contribution is 7.12. The second-order valence-corrected chi connectivity index (χ2v) is 4.83. The quantitative estimate of drug-likeness (QED) is 0.820. The van der Waals surface area contributed by atoms with Gasteiger partial charge < -0.3 is 5.32 Å². The molecule has 2 rings (SSSR count). The summed E-state index contributed by atoms with van der Waals surface area (Å²) >= 11 is 1.55. The van der Waals surface area contributed by atoms with E-state index < -0.39 is 0 Å². The first-order chi connectivity index (χ1) is 8.38. The Kier molecular flexibility index (Phi) is 4.25. The Bertz CT molecular complexity index is 499. The maximum absolute atomic E-state index is 8.71. The van der Waals surface area contributed by atoms with E-state index in [0.717, 1.165) is 24.4 Å². The molecule has 0 saturated heterocycles.